The van der Waals surface area contributed by atoms with E-state index in [1.807, 2.05) is 0 Å². The molecule has 2 aliphatic rings. The quantitative estimate of drug-likeness (QED) is 0.825. The van der Waals surface area contributed by atoms with Crippen molar-refractivity contribution in [1.29, 1.82) is 0 Å². The zero-order valence-electron chi connectivity index (χ0n) is 12.8. The van der Waals surface area contributed by atoms with Gasteiger partial charge in [0, 0.05) is 12.0 Å². The highest BCUT2D eigenvalue weighted by Crippen LogP contribution is 2.45. The fourth-order valence-corrected chi connectivity index (χ4v) is 3.96. The molecule has 3 unspecified atom stereocenters. The summed E-state index contributed by atoms with van der Waals surface area (Å²) in [5, 5.41) is 10.8. The number of aliphatic hydroxyl groups is 1. The lowest BCUT2D eigenvalue weighted by atomic mass is 9.64. The molecule has 1 heterocycles. The van der Waals surface area contributed by atoms with Gasteiger partial charge in [0.2, 0.25) is 0 Å². The van der Waals surface area contributed by atoms with Gasteiger partial charge >= 0.3 is 0 Å². The molecule has 1 saturated heterocycles. The average molecular weight is 269 g/mol. The SMILES string of the molecule is CC1CCC(C(O)C2(CN)CCC(C(C)C)CC2)O1. The number of nitrogens with two attached hydrogens (primary N) is 1. The molecular weight excluding hydrogens is 238 g/mol. The standard InChI is InChI=1S/C16H31NO2/c1-11(2)13-6-8-16(10-17,9-7-13)15(18)14-5-4-12(3)19-14/h11-15,18H,4-10,17H2,1-3H3. The van der Waals surface area contributed by atoms with Crippen molar-refractivity contribution in [3.05, 3.63) is 0 Å². The van der Waals surface area contributed by atoms with E-state index in [0.717, 1.165) is 37.5 Å². The molecule has 112 valence electrons. The van der Waals surface area contributed by atoms with E-state index in [-0.39, 0.29) is 17.6 Å². The minimum Gasteiger partial charge on any atom is -0.390 e. The van der Waals surface area contributed by atoms with E-state index < -0.39 is 0 Å². The van der Waals surface area contributed by atoms with Crippen LogP contribution in [0.25, 0.3) is 0 Å². The number of rotatable bonds is 4. The van der Waals surface area contributed by atoms with E-state index in [4.69, 9.17) is 10.5 Å². The van der Waals surface area contributed by atoms with Gasteiger partial charge in [0.1, 0.15) is 0 Å². The van der Waals surface area contributed by atoms with Crippen LogP contribution in [0, 0.1) is 17.3 Å². The molecule has 0 amide bonds. The second-order valence-corrected chi connectivity index (χ2v) is 7.16. The zero-order chi connectivity index (χ0) is 14.0. The van der Waals surface area contributed by atoms with Gasteiger partial charge < -0.3 is 15.6 Å². The fourth-order valence-electron chi connectivity index (χ4n) is 3.96. The lowest BCUT2D eigenvalue weighted by Crippen LogP contribution is -2.50. The summed E-state index contributed by atoms with van der Waals surface area (Å²) in [5.74, 6) is 1.55. The number of aliphatic hydroxyl groups excluding tert-OH is 1. The van der Waals surface area contributed by atoms with Gasteiger partial charge in [0.15, 0.2) is 0 Å². The van der Waals surface area contributed by atoms with Crippen LogP contribution in [0.5, 0.6) is 0 Å². The van der Waals surface area contributed by atoms with Crippen molar-refractivity contribution in [2.24, 2.45) is 23.0 Å². The van der Waals surface area contributed by atoms with E-state index in [1.54, 1.807) is 0 Å². The first-order valence-electron chi connectivity index (χ1n) is 8.02. The monoisotopic (exact) mass is 269 g/mol. The molecular formula is C16H31NO2. The maximum Gasteiger partial charge on any atom is 0.0870 e. The Hall–Kier alpha value is -0.120. The second kappa shape index (κ2) is 6.11. The topological polar surface area (TPSA) is 55.5 Å². The molecule has 0 radical (unpaired) electrons. The van der Waals surface area contributed by atoms with E-state index in [0.29, 0.717) is 12.6 Å². The minimum atomic E-state index is -0.379. The van der Waals surface area contributed by atoms with E-state index in [2.05, 4.69) is 20.8 Å². The summed E-state index contributed by atoms with van der Waals surface area (Å²) >= 11 is 0. The molecule has 0 spiro atoms. The Bertz CT molecular complexity index is 284. The van der Waals surface area contributed by atoms with Crippen LogP contribution in [0.3, 0.4) is 0 Å². The van der Waals surface area contributed by atoms with Gasteiger partial charge in [-0.15, -0.1) is 0 Å². The maximum absolute atomic E-state index is 10.8. The van der Waals surface area contributed by atoms with Crippen molar-refractivity contribution in [2.75, 3.05) is 6.54 Å². The molecule has 0 aromatic heterocycles. The summed E-state index contributed by atoms with van der Waals surface area (Å²) in [6, 6.07) is 0. The van der Waals surface area contributed by atoms with Crippen LogP contribution in [0.2, 0.25) is 0 Å². The first-order chi connectivity index (χ1) is 8.98. The Morgan fingerprint density at radius 1 is 1.21 bits per heavy atom. The Kier molecular flexibility index (Phi) is 4.91. The molecule has 2 fully saturated rings. The van der Waals surface area contributed by atoms with Crippen LogP contribution >= 0.6 is 0 Å². The maximum atomic E-state index is 10.8. The smallest absolute Gasteiger partial charge is 0.0870 e. The molecule has 2 rings (SSSR count). The van der Waals surface area contributed by atoms with Crippen LogP contribution < -0.4 is 5.73 Å². The molecule has 3 heteroatoms. The largest absolute Gasteiger partial charge is 0.390 e. The Labute approximate surface area is 117 Å². The molecule has 3 N–H and O–H groups in total. The molecule has 0 bridgehead atoms. The summed E-state index contributed by atoms with van der Waals surface area (Å²) in [7, 11) is 0. The molecule has 0 aromatic carbocycles. The van der Waals surface area contributed by atoms with Crippen molar-refractivity contribution in [1.82, 2.24) is 0 Å². The molecule has 3 nitrogen and oxygen atoms in total. The lowest BCUT2D eigenvalue weighted by Gasteiger charge is -2.45. The van der Waals surface area contributed by atoms with Gasteiger partial charge in [-0.3, -0.25) is 0 Å². The number of hydrogen-bond acceptors (Lipinski definition) is 3. The highest BCUT2D eigenvalue weighted by atomic mass is 16.5. The van der Waals surface area contributed by atoms with Gasteiger partial charge in [0.05, 0.1) is 18.3 Å². The fraction of sp³-hybridized carbons (Fsp3) is 1.00. The minimum absolute atomic E-state index is 0.00847. The van der Waals surface area contributed by atoms with Crippen LogP contribution in [-0.4, -0.2) is 30.0 Å². The summed E-state index contributed by atoms with van der Waals surface area (Å²) in [6.07, 6.45) is 6.49. The van der Waals surface area contributed by atoms with Crippen molar-refractivity contribution in [2.45, 2.75) is 77.6 Å². The third-order valence-electron chi connectivity index (χ3n) is 5.62. The Morgan fingerprint density at radius 2 is 1.84 bits per heavy atom. The summed E-state index contributed by atoms with van der Waals surface area (Å²) in [5.41, 5.74) is 5.95. The third kappa shape index (κ3) is 3.14. The van der Waals surface area contributed by atoms with Gasteiger partial charge in [0.25, 0.3) is 0 Å². The van der Waals surface area contributed by atoms with Crippen molar-refractivity contribution < 1.29 is 9.84 Å². The molecule has 1 saturated carbocycles. The predicted octanol–water partition coefficient (Wildman–Crippen LogP) is 2.71. The van der Waals surface area contributed by atoms with E-state index in [9.17, 15) is 5.11 Å². The van der Waals surface area contributed by atoms with Gasteiger partial charge in [-0.05, 0) is 57.3 Å². The van der Waals surface area contributed by atoms with Crippen LogP contribution in [0.15, 0.2) is 0 Å². The van der Waals surface area contributed by atoms with Crippen LogP contribution in [0.1, 0.15) is 59.3 Å². The van der Waals surface area contributed by atoms with Gasteiger partial charge in [-0.2, -0.15) is 0 Å². The molecule has 3 atom stereocenters. The third-order valence-corrected chi connectivity index (χ3v) is 5.62. The van der Waals surface area contributed by atoms with Crippen molar-refractivity contribution >= 4 is 0 Å². The summed E-state index contributed by atoms with van der Waals surface area (Å²) < 4.78 is 5.87. The van der Waals surface area contributed by atoms with E-state index >= 15 is 0 Å². The van der Waals surface area contributed by atoms with Gasteiger partial charge in [-0.1, -0.05) is 13.8 Å². The first-order valence-corrected chi connectivity index (χ1v) is 8.02. The molecule has 1 aliphatic heterocycles. The van der Waals surface area contributed by atoms with Crippen LogP contribution in [-0.2, 0) is 4.74 Å². The highest BCUT2D eigenvalue weighted by Gasteiger charge is 2.45. The van der Waals surface area contributed by atoms with Crippen molar-refractivity contribution in [3.8, 4) is 0 Å². The highest BCUT2D eigenvalue weighted by molar-refractivity contribution is 4.97. The molecule has 1 aliphatic carbocycles. The number of hydrogen-bond donors (Lipinski definition) is 2. The summed E-state index contributed by atoms with van der Waals surface area (Å²) in [6.45, 7) is 7.29. The van der Waals surface area contributed by atoms with Crippen molar-refractivity contribution in [3.63, 3.8) is 0 Å². The molecule has 0 aromatic rings. The number of ether oxygens (including phenoxy) is 1. The first kappa shape index (κ1) is 15.3. The van der Waals surface area contributed by atoms with Gasteiger partial charge in [-0.25, -0.2) is 0 Å². The summed E-state index contributed by atoms with van der Waals surface area (Å²) in [4.78, 5) is 0. The lowest BCUT2D eigenvalue weighted by molar-refractivity contribution is -0.103. The Balaban J connectivity index is 1.99. The van der Waals surface area contributed by atoms with Crippen LogP contribution in [0.4, 0.5) is 0 Å². The van der Waals surface area contributed by atoms with E-state index in [1.165, 1.54) is 12.8 Å². The Morgan fingerprint density at radius 3 is 2.26 bits per heavy atom. The molecule has 19 heavy (non-hydrogen) atoms. The predicted molar refractivity (Wildman–Crippen MR) is 77.9 cm³/mol. The average Bonchev–Trinajstić information content (AvgIpc) is 2.84. The second-order valence-electron chi connectivity index (χ2n) is 7.16. The normalized spacial score (nSPS) is 41.7. The zero-order valence-corrected chi connectivity index (χ0v) is 12.8.